The second-order valence-electron chi connectivity index (χ2n) is 13.8. The van der Waals surface area contributed by atoms with Crippen LogP contribution in [0.1, 0.15) is 39.5 Å². The highest BCUT2D eigenvalue weighted by molar-refractivity contribution is 8.01. The quantitative estimate of drug-likeness (QED) is 0.0576. The van der Waals surface area contributed by atoms with Gasteiger partial charge < -0.3 is 38.6 Å². The van der Waals surface area contributed by atoms with Gasteiger partial charge in [-0.3, -0.25) is 9.59 Å². The summed E-state index contributed by atoms with van der Waals surface area (Å²) in [4.78, 5) is 30.3. The highest BCUT2D eigenvalue weighted by Gasteiger charge is 2.44. The molecule has 2 saturated heterocycles. The van der Waals surface area contributed by atoms with Crippen molar-refractivity contribution in [2.75, 3.05) is 51.0 Å². The molecule has 324 valence electrons. The number of esters is 2. The van der Waals surface area contributed by atoms with E-state index in [1.165, 1.54) is 4.90 Å². The normalized spacial score (nSPS) is 14.9. The van der Waals surface area contributed by atoms with Crippen molar-refractivity contribution in [1.29, 1.82) is 0 Å². The number of carbonyl (C=O) groups excluding carboxylic acids is 2. The SMILES string of the molecule is CCOC(=O)C1(Sc2ccc(Oc3ccccc3)cc2)CCN(B(C)O)CC1.CCOC(=O)C1CCN(B(C)O)CC1.CSc1ccc(Oc2ccccc2)cc1.ClCCl. The maximum atomic E-state index is 12.8. The van der Waals surface area contributed by atoms with Gasteiger partial charge in [0.15, 0.2) is 0 Å². The van der Waals surface area contributed by atoms with Gasteiger partial charge in [-0.05, 0) is 158 Å². The van der Waals surface area contributed by atoms with E-state index in [2.05, 4.69) is 18.4 Å². The molecule has 0 aromatic heterocycles. The molecule has 0 saturated carbocycles. The van der Waals surface area contributed by atoms with Gasteiger partial charge in [-0.1, -0.05) is 36.4 Å². The van der Waals surface area contributed by atoms with E-state index < -0.39 is 18.8 Å². The first-order chi connectivity index (χ1) is 29.0. The maximum Gasteiger partial charge on any atom is 0.376 e. The molecule has 10 nitrogen and oxygen atoms in total. The van der Waals surface area contributed by atoms with Crippen LogP contribution in [-0.2, 0) is 19.1 Å². The van der Waals surface area contributed by atoms with Gasteiger partial charge in [0.2, 0.25) is 0 Å². The average Bonchev–Trinajstić information content (AvgIpc) is 3.26. The fourth-order valence-corrected chi connectivity index (χ4v) is 7.99. The molecule has 16 heteroatoms. The molecular formula is C44H58B2Cl2N2O8S2. The maximum absolute atomic E-state index is 12.8. The first-order valence-corrected chi connectivity index (χ1v) is 23.3. The standard InChI is InChI=1S/C21H26BNO4S.C13H12OS.C9H18BNO3.CH2Cl2/c1-3-26-20(24)21(13-15-23(16-14-21)22(2)25)28-19-11-9-18(10-12-19)27-17-7-5-4-6-8-17;1-15-13-9-7-12(8-10-13)14-11-5-3-2-4-6-11;1-3-14-9(12)8-4-6-11(7-5-8)10(2)13;2-1-3/h4-12,25H,3,13-16H2,1-2H3;2-10H,1H3;8,13H,3-7H2,1-2H3;1H2. The summed E-state index contributed by atoms with van der Waals surface area (Å²) in [6.45, 7) is 10.9. The summed E-state index contributed by atoms with van der Waals surface area (Å²) in [6, 6.07) is 35.3. The Morgan fingerprint density at radius 2 is 1.07 bits per heavy atom. The zero-order valence-corrected chi connectivity index (χ0v) is 38.4. The number of thioether (sulfide) groups is 2. The molecule has 0 atom stereocenters. The smallest absolute Gasteiger partial charge is 0.376 e. The van der Waals surface area contributed by atoms with Crippen molar-refractivity contribution in [2.24, 2.45) is 5.92 Å². The van der Waals surface area contributed by atoms with Crippen molar-refractivity contribution in [2.45, 2.75) is 67.7 Å². The topological polar surface area (TPSA) is 118 Å². The van der Waals surface area contributed by atoms with E-state index >= 15 is 0 Å². The third-order valence-electron chi connectivity index (χ3n) is 9.61. The monoisotopic (exact) mass is 898 g/mol. The molecule has 2 heterocycles. The van der Waals surface area contributed by atoms with Crippen LogP contribution in [-0.4, -0.2) is 101 Å². The number of halogens is 2. The fraction of sp³-hybridized carbons (Fsp3) is 0.409. The minimum absolute atomic E-state index is 0.0324. The Bertz CT molecular complexity index is 1770. The van der Waals surface area contributed by atoms with Gasteiger partial charge in [0.05, 0.1) is 24.5 Å². The Hall–Kier alpha value is -3.33. The van der Waals surface area contributed by atoms with E-state index in [-0.39, 0.29) is 23.2 Å². The predicted octanol–water partition coefficient (Wildman–Crippen LogP) is 10.1. The summed E-state index contributed by atoms with van der Waals surface area (Å²) in [5.41, 5.74) is 0. The lowest BCUT2D eigenvalue weighted by atomic mass is 9.80. The molecule has 60 heavy (non-hydrogen) atoms. The molecule has 2 N–H and O–H groups in total. The van der Waals surface area contributed by atoms with Crippen molar-refractivity contribution in [3.63, 3.8) is 0 Å². The summed E-state index contributed by atoms with van der Waals surface area (Å²) in [5.74, 6) is 3.06. The van der Waals surface area contributed by atoms with Gasteiger partial charge in [0, 0.05) is 9.79 Å². The van der Waals surface area contributed by atoms with Crippen LogP contribution in [0.5, 0.6) is 23.0 Å². The van der Waals surface area contributed by atoms with Crippen LogP contribution in [0.25, 0.3) is 0 Å². The van der Waals surface area contributed by atoms with Crippen LogP contribution in [0.15, 0.2) is 119 Å². The van der Waals surface area contributed by atoms with Crippen LogP contribution in [0.4, 0.5) is 0 Å². The number of ether oxygens (including phenoxy) is 4. The van der Waals surface area contributed by atoms with E-state index in [9.17, 15) is 19.6 Å². The first kappa shape index (κ1) is 51.0. The Morgan fingerprint density at radius 1 is 0.667 bits per heavy atom. The third kappa shape index (κ3) is 17.9. The number of benzene rings is 4. The molecule has 0 unspecified atom stereocenters. The lowest BCUT2D eigenvalue weighted by molar-refractivity contribution is -0.149. The van der Waals surface area contributed by atoms with Gasteiger partial charge >= 0.3 is 26.0 Å². The van der Waals surface area contributed by atoms with Gasteiger partial charge in [-0.2, -0.15) is 0 Å². The van der Waals surface area contributed by atoms with E-state index in [4.69, 9.17) is 42.1 Å². The van der Waals surface area contributed by atoms with Crippen molar-refractivity contribution < 1.29 is 38.6 Å². The lowest BCUT2D eigenvalue weighted by Crippen LogP contribution is -2.51. The van der Waals surface area contributed by atoms with E-state index in [1.54, 1.807) is 37.2 Å². The second-order valence-corrected chi connectivity index (χ2v) is 16.9. The summed E-state index contributed by atoms with van der Waals surface area (Å²) in [7, 11) is -0.905. The van der Waals surface area contributed by atoms with Crippen LogP contribution in [0, 0.1) is 5.92 Å². The number of carbonyl (C=O) groups is 2. The van der Waals surface area contributed by atoms with Crippen molar-refractivity contribution >= 4 is 72.8 Å². The Kier molecular flexibility index (Phi) is 24.1. The zero-order valence-electron chi connectivity index (χ0n) is 35.2. The number of hydrogen-bond donors (Lipinski definition) is 2. The molecular weight excluding hydrogens is 841 g/mol. The number of para-hydroxylation sites is 2. The van der Waals surface area contributed by atoms with Crippen molar-refractivity contribution in [3.8, 4) is 23.0 Å². The Morgan fingerprint density at radius 3 is 1.47 bits per heavy atom. The van der Waals surface area contributed by atoms with Gasteiger partial charge in [-0.25, -0.2) is 0 Å². The molecule has 0 spiro atoms. The first-order valence-electron chi connectivity index (χ1n) is 20.2. The van der Waals surface area contributed by atoms with Crippen molar-refractivity contribution in [3.05, 3.63) is 109 Å². The number of hydrogen-bond acceptors (Lipinski definition) is 12. The molecule has 0 radical (unpaired) electrons. The Labute approximate surface area is 375 Å². The minimum atomic E-state index is -0.622. The molecule has 2 aliphatic rings. The van der Waals surface area contributed by atoms with Crippen LogP contribution in [0.3, 0.4) is 0 Å². The number of alkyl halides is 2. The largest absolute Gasteiger partial charge is 0.466 e. The van der Waals surface area contributed by atoms with Gasteiger partial charge in [0.1, 0.15) is 27.7 Å². The molecule has 6 rings (SSSR count). The molecule has 2 aliphatic heterocycles. The second kappa shape index (κ2) is 28.3. The zero-order chi connectivity index (χ0) is 43.8. The predicted molar refractivity (Wildman–Crippen MR) is 249 cm³/mol. The van der Waals surface area contributed by atoms with Gasteiger partial charge in [0.25, 0.3) is 0 Å². The molecule has 0 aliphatic carbocycles. The van der Waals surface area contributed by atoms with E-state index in [0.29, 0.717) is 39.1 Å². The number of piperidine rings is 2. The summed E-state index contributed by atoms with van der Waals surface area (Å²) < 4.78 is 21.2. The van der Waals surface area contributed by atoms with E-state index in [1.807, 2.05) is 121 Å². The minimum Gasteiger partial charge on any atom is -0.466 e. The molecule has 0 amide bonds. The molecule has 4 aromatic carbocycles. The van der Waals surface area contributed by atoms with Gasteiger partial charge in [-0.15, -0.1) is 46.7 Å². The molecule has 2 fully saturated rings. The third-order valence-corrected chi connectivity index (χ3v) is 11.8. The lowest BCUT2D eigenvalue weighted by Gasteiger charge is -2.39. The van der Waals surface area contributed by atoms with E-state index in [0.717, 1.165) is 53.8 Å². The van der Waals surface area contributed by atoms with Crippen LogP contribution >= 0.6 is 46.7 Å². The van der Waals surface area contributed by atoms with Crippen LogP contribution in [0.2, 0.25) is 13.6 Å². The highest BCUT2D eigenvalue weighted by Crippen LogP contribution is 2.43. The number of nitrogens with zero attached hydrogens (tertiary/aromatic N) is 2. The number of rotatable bonds is 13. The Balaban J connectivity index is 0.000000253. The van der Waals surface area contributed by atoms with Crippen molar-refractivity contribution in [1.82, 2.24) is 9.62 Å². The summed E-state index contributed by atoms with van der Waals surface area (Å²) >= 11 is 12.8. The summed E-state index contributed by atoms with van der Waals surface area (Å²) in [5, 5.41) is 19.3. The molecule has 0 bridgehead atoms. The highest BCUT2D eigenvalue weighted by atomic mass is 35.5. The van der Waals surface area contributed by atoms with Crippen LogP contribution < -0.4 is 9.47 Å². The average molecular weight is 900 g/mol. The molecule has 4 aromatic rings. The summed E-state index contributed by atoms with van der Waals surface area (Å²) in [6.07, 6.45) is 4.94. The fourth-order valence-electron chi connectivity index (χ4n) is 6.33.